The molecule has 0 saturated heterocycles. The van der Waals surface area contributed by atoms with E-state index >= 15 is 0 Å². The number of carbonyl (C=O) groups excluding carboxylic acids is 2. The minimum absolute atomic E-state index is 0.0115. The number of carboxylic acids is 1. The van der Waals surface area contributed by atoms with Crippen molar-refractivity contribution in [2.75, 3.05) is 6.54 Å². The van der Waals surface area contributed by atoms with E-state index in [4.69, 9.17) is 5.11 Å². The summed E-state index contributed by atoms with van der Waals surface area (Å²) in [5.41, 5.74) is 0.746. The molecular weight excluding hydrogens is 284 g/mol. The van der Waals surface area contributed by atoms with E-state index in [1.165, 1.54) is 19.1 Å². The van der Waals surface area contributed by atoms with Crippen LogP contribution in [0.2, 0.25) is 0 Å². The van der Waals surface area contributed by atoms with Gasteiger partial charge in [-0.25, -0.2) is 0 Å². The molecule has 1 rings (SSSR count). The van der Waals surface area contributed by atoms with Crippen LogP contribution in [0.5, 0.6) is 0 Å². The Morgan fingerprint density at radius 2 is 1.50 bits per heavy atom. The van der Waals surface area contributed by atoms with E-state index in [0.29, 0.717) is 17.7 Å². The second kappa shape index (κ2) is 7.06. The van der Waals surface area contributed by atoms with Crippen LogP contribution in [0.3, 0.4) is 0 Å². The minimum Gasteiger partial charge on any atom is -0.480 e. The highest BCUT2D eigenvalue weighted by molar-refractivity contribution is 5.98. The molecule has 6 nitrogen and oxygen atoms in total. The minimum atomic E-state index is -1.11. The molecule has 0 spiro atoms. The van der Waals surface area contributed by atoms with Crippen molar-refractivity contribution in [2.24, 2.45) is 5.41 Å². The van der Waals surface area contributed by atoms with E-state index in [1.54, 1.807) is 12.1 Å². The van der Waals surface area contributed by atoms with E-state index < -0.39 is 17.9 Å². The number of benzene rings is 1. The van der Waals surface area contributed by atoms with Gasteiger partial charge in [0.25, 0.3) is 11.8 Å². The average molecular weight is 306 g/mol. The fourth-order valence-electron chi connectivity index (χ4n) is 1.56. The highest BCUT2D eigenvalue weighted by Gasteiger charge is 2.16. The van der Waals surface area contributed by atoms with Gasteiger partial charge in [-0.15, -0.1) is 0 Å². The summed E-state index contributed by atoms with van der Waals surface area (Å²) in [6.07, 6.45) is 0. The molecule has 0 saturated carbocycles. The molecule has 0 bridgehead atoms. The van der Waals surface area contributed by atoms with Gasteiger partial charge in [-0.3, -0.25) is 14.4 Å². The molecule has 2 amide bonds. The second-order valence-electron chi connectivity index (χ2n) is 6.35. The molecule has 1 aromatic rings. The topological polar surface area (TPSA) is 95.5 Å². The maximum atomic E-state index is 12.0. The summed E-state index contributed by atoms with van der Waals surface area (Å²) in [4.78, 5) is 34.5. The van der Waals surface area contributed by atoms with Crippen molar-refractivity contribution < 1.29 is 19.5 Å². The van der Waals surface area contributed by atoms with Crippen LogP contribution in [0.4, 0.5) is 0 Å². The van der Waals surface area contributed by atoms with Gasteiger partial charge in [0.2, 0.25) is 0 Å². The summed E-state index contributed by atoms with van der Waals surface area (Å²) >= 11 is 0. The van der Waals surface area contributed by atoms with Crippen molar-refractivity contribution >= 4 is 17.8 Å². The van der Waals surface area contributed by atoms with Crippen molar-refractivity contribution in [1.82, 2.24) is 10.6 Å². The fourth-order valence-corrected chi connectivity index (χ4v) is 1.56. The number of carboxylic acid groups (broad SMARTS) is 1. The Kier molecular flexibility index (Phi) is 5.68. The molecular formula is C16H22N2O4. The molecule has 1 atom stereocenters. The Labute approximate surface area is 129 Å². The summed E-state index contributed by atoms with van der Waals surface area (Å²) in [5, 5.41) is 13.9. The monoisotopic (exact) mass is 306 g/mol. The molecule has 0 fully saturated rings. The lowest BCUT2D eigenvalue weighted by Crippen LogP contribution is -2.38. The van der Waals surface area contributed by atoms with E-state index in [-0.39, 0.29) is 11.3 Å². The van der Waals surface area contributed by atoms with E-state index in [0.717, 1.165) is 0 Å². The van der Waals surface area contributed by atoms with Gasteiger partial charge >= 0.3 is 5.97 Å². The van der Waals surface area contributed by atoms with Gasteiger partial charge in [-0.1, -0.05) is 20.8 Å². The average Bonchev–Trinajstić information content (AvgIpc) is 2.43. The number of hydrogen-bond donors (Lipinski definition) is 3. The molecule has 0 aliphatic carbocycles. The zero-order chi connectivity index (χ0) is 16.9. The fraction of sp³-hybridized carbons (Fsp3) is 0.438. The quantitative estimate of drug-likeness (QED) is 0.771. The third-order valence-corrected chi connectivity index (χ3v) is 2.91. The Balaban J connectivity index is 2.68. The highest BCUT2D eigenvalue weighted by atomic mass is 16.4. The van der Waals surface area contributed by atoms with Gasteiger partial charge in [0, 0.05) is 17.7 Å². The number of nitrogens with one attached hydrogen (secondary N) is 2. The first-order chi connectivity index (χ1) is 10.1. The Bertz CT molecular complexity index is 559. The lowest BCUT2D eigenvalue weighted by molar-refractivity contribution is -0.138. The summed E-state index contributed by atoms with van der Waals surface area (Å²) < 4.78 is 0. The Morgan fingerprint density at radius 1 is 1.05 bits per heavy atom. The Morgan fingerprint density at radius 3 is 1.91 bits per heavy atom. The van der Waals surface area contributed by atoms with Crippen LogP contribution in [-0.2, 0) is 4.79 Å². The second-order valence-corrected chi connectivity index (χ2v) is 6.35. The summed E-state index contributed by atoms with van der Waals surface area (Å²) in [7, 11) is 0. The summed E-state index contributed by atoms with van der Waals surface area (Å²) in [6, 6.07) is 5.10. The molecule has 120 valence electrons. The predicted octanol–water partition coefficient (Wildman–Crippen LogP) is 1.67. The maximum absolute atomic E-state index is 12.0. The zero-order valence-electron chi connectivity index (χ0n) is 13.3. The van der Waals surface area contributed by atoms with Gasteiger partial charge in [0.1, 0.15) is 6.04 Å². The van der Waals surface area contributed by atoms with E-state index in [2.05, 4.69) is 10.6 Å². The van der Waals surface area contributed by atoms with Crippen molar-refractivity contribution in [1.29, 1.82) is 0 Å². The molecule has 0 unspecified atom stereocenters. The molecule has 22 heavy (non-hydrogen) atoms. The summed E-state index contributed by atoms with van der Waals surface area (Å²) in [5.74, 6) is -1.80. The lowest BCUT2D eigenvalue weighted by atomic mass is 9.97. The maximum Gasteiger partial charge on any atom is 0.325 e. The van der Waals surface area contributed by atoms with Crippen molar-refractivity contribution in [3.05, 3.63) is 35.4 Å². The molecule has 0 radical (unpaired) electrons. The SMILES string of the molecule is C[C@@H](NC(=O)c1ccc(C(=O)NCC(C)(C)C)cc1)C(=O)O. The molecule has 6 heteroatoms. The summed E-state index contributed by atoms with van der Waals surface area (Å²) in [6.45, 7) is 7.98. The van der Waals surface area contributed by atoms with Gasteiger partial charge in [-0.05, 0) is 36.6 Å². The molecule has 3 N–H and O–H groups in total. The number of aliphatic carboxylic acids is 1. The molecule has 1 aromatic carbocycles. The molecule has 0 aromatic heterocycles. The lowest BCUT2D eigenvalue weighted by Gasteiger charge is -2.18. The predicted molar refractivity (Wildman–Crippen MR) is 82.8 cm³/mol. The third-order valence-electron chi connectivity index (χ3n) is 2.91. The van der Waals surface area contributed by atoms with E-state index in [9.17, 15) is 14.4 Å². The first-order valence-corrected chi connectivity index (χ1v) is 7.02. The third kappa shape index (κ3) is 5.55. The standard InChI is InChI=1S/C16H22N2O4/c1-10(15(21)22)18-14(20)12-7-5-11(6-8-12)13(19)17-9-16(2,3)4/h5-8,10H,9H2,1-4H3,(H,17,19)(H,18,20)(H,21,22)/t10-/m1/s1. The normalized spacial score (nSPS) is 12.4. The van der Waals surface area contributed by atoms with Gasteiger partial charge in [-0.2, -0.15) is 0 Å². The first kappa shape index (κ1) is 17.7. The first-order valence-electron chi connectivity index (χ1n) is 7.02. The smallest absolute Gasteiger partial charge is 0.325 e. The van der Waals surface area contributed by atoms with Gasteiger partial charge in [0.05, 0.1) is 0 Å². The van der Waals surface area contributed by atoms with Crippen LogP contribution in [0.15, 0.2) is 24.3 Å². The van der Waals surface area contributed by atoms with Crippen molar-refractivity contribution in [3.63, 3.8) is 0 Å². The number of hydrogen-bond acceptors (Lipinski definition) is 3. The molecule has 0 aliphatic rings. The van der Waals surface area contributed by atoms with Crippen LogP contribution < -0.4 is 10.6 Å². The van der Waals surface area contributed by atoms with Crippen molar-refractivity contribution in [2.45, 2.75) is 33.7 Å². The van der Waals surface area contributed by atoms with Crippen LogP contribution in [-0.4, -0.2) is 35.5 Å². The molecule has 0 aliphatic heterocycles. The number of carbonyl (C=O) groups is 3. The van der Waals surface area contributed by atoms with Crippen LogP contribution in [0.25, 0.3) is 0 Å². The Hall–Kier alpha value is -2.37. The van der Waals surface area contributed by atoms with E-state index in [1.807, 2.05) is 20.8 Å². The van der Waals surface area contributed by atoms with Crippen LogP contribution in [0, 0.1) is 5.41 Å². The van der Waals surface area contributed by atoms with Gasteiger partial charge in [0.15, 0.2) is 0 Å². The van der Waals surface area contributed by atoms with Crippen molar-refractivity contribution in [3.8, 4) is 0 Å². The largest absolute Gasteiger partial charge is 0.480 e. The number of rotatable bonds is 5. The molecule has 0 heterocycles. The zero-order valence-corrected chi connectivity index (χ0v) is 13.3. The van der Waals surface area contributed by atoms with Crippen LogP contribution >= 0.6 is 0 Å². The van der Waals surface area contributed by atoms with Crippen LogP contribution in [0.1, 0.15) is 48.4 Å². The van der Waals surface area contributed by atoms with Gasteiger partial charge < -0.3 is 15.7 Å². The number of amides is 2. The highest BCUT2D eigenvalue weighted by Crippen LogP contribution is 2.11.